The van der Waals surface area contributed by atoms with Gasteiger partial charge in [0, 0.05) is 13.2 Å². The van der Waals surface area contributed by atoms with E-state index in [0.29, 0.717) is 19.7 Å². The number of carbonyl (C=O) groups excluding carboxylic acids is 1. The van der Waals surface area contributed by atoms with E-state index in [4.69, 9.17) is 10.5 Å². The lowest BCUT2D eigenvalue weighted by Crippen LogP contribution is -2.27. The summed E-state index contributed by atoms with van der Waals surface area (Å²) in [4.78, 5) is 11.3. The zero-order valence-electron chi connectivity index (χ0n) is 9.32. The second-order valence-electron chi connectivity index (χ2n) is 3.46. The summed E-state index contributed by atoms with van der Waals surface area (Å²) in [6, 6.07) is 9.77. The molecule has 0 aromatic heterocycles. The Morgan fingerprint density at radius 2 is 2.06 bits per heavy atom. The molecule has 4 nitrogen and oxygen atoms in total. The molecule has 16 heavy (non-hydrogen) atoms. The minimum Gasteiger partial charge on any atom is -0.372 e. The minimum absolute atomic E-state index is 0.0964. The van der Waals surface area contributed by atoms with Crippen LogP contribution < -0.4 is 11.1 Å². The van der Waals surface area contributed by atoms with Crippen molar-refractivity contribution in [1.82, 2.24) is 5.32 Å². The van der Waals surface area contributed by atoms with Gasteiger partial charge >= 0.3 is 0 Å². The maximum Gasteiger partial charge on any atom is 0.246 e. The molecular weight excluding hydrogens is 204 g/mol. The van der Waals surface area contributed by atoms with Crippen LogP contribution in [0.3, 0.4) is 0 Å². The van der Waals surface area contributed by atoms with E-state index in [1.54, 1.807) is 0 Å². The van der Waals surface area contributed by atoms with Crippen molar-refractivity contribution in [2.75, 3.05) is 19.8 Å². The molecular formula is C12H18N2O2. The number of hydrogen-bond acceptors (Lipinski definition) is 3. The number of carbonyl (C=O) groups is 1. The molecule has 0 aliphatic heterocycles. The number of benzene rings is 1. The fourth-order valence-electron chi connectivity index (χ4n) is 1.20. The number of amides is 1. The molecule has 1 aromatic carbocycles. The Labute approximate surface area is 95.8 Å². The Bertz CT molecular complexity index is 301. The van der Waals surface area contributed by atoms with Gasteiger partial charge in [0.05, 0.1) is 0 Å². The zero-order chi connectivity index (χ0) is 11.6. The predicted molar refractivity (Wildman–Crippen MR) is 62.8 cm³/mol. The molecule has 0 saturated heterocycles. The third-order valence-corrected chi connectivity index (χ3v) is 2.06. The first-order chi connectivity index (χ1) is 7.83. The number of ether oxygens (including phenoxy) is 1. The van der Waals surface area contributed by atoms with Crippen molar-refractivity contribution < 1.29 is 9.53 Å². The summed E-state index contributed by atoms with van der Waals surface area (Å²) in [7, 11) is 0. The van der Waals surface area contributed by atoms with Gasteiger partial charge in [-0.25, -0.2) is 0 Å². The summed E-state index contributed by atoms with van der Waals surface area (Å²) in [6.45, 7) is 1.77. The molecule has 0 fully saturated rings. The molecule has 0 heterocycles. The van der Waals surface area contributed by atoms with E-state index in [1.165, 1.54) is 0 Å². The van der Waals surface area contributed by atoms with Crippen LogP contribution >= 0.6 is 0 Å². The van der Waals surface area contributed by atoms with Gasteiger partial charge < -0.3 is 15.8 Å². The van der Waals surface area contributed by atoms with Gasteiger partial charge in [-0.1, -0.05) is 30.3 Å². The summed E-state index contributed by atoms with van der Waals surface area (Å²) in [5.74, 6) is -0.0964. The topological polar surface area (TPSA) is 64.3 Å². The minimum atomic E-state index is -0.0964. The van der Waals surface area contributed by atoms with Crippen LogP contribution in [0.25, 0.3) is 0 Å². The molecule has 0 radical (unpaired) electrons. The van der Waals surface area contributed by atoms with E-state index in [1.807, 2.05) is 30.3 Å². The first-order valence-electron chi connectivity index (χ1n) is 5.41. The summed E-state index contributed by atoms with van der Waals surface area (Å²) < 4.78 is 5.13. The SMILES string of the molecule is NCCCOCC(=O)NCc1ccccc1. The lowest BCUT2D eigenvalue weighted by atomic mass is 10.2. The maximum absolute atomic E-state index is 11.3. The molecule has 1 amide bonds. The van der Waals surface area contributed by atoms with E-state index in [0.717, 1.165) is 12.0 Å². The standard InChI is InChI=1S/C12H18N2O2/c13-7-4-8-16-10-12(15)14-9-11-5-2-1-3-6-11/h1-3,5-6H,4,7-10,13H2,(H,14,15). The average molecular weight is 222 g/mol. The van der Waals surface area contributed by atoms with Crippen LogP contribution in [0.1, 0.15) is 12.0 Å². The monoisotopic (exact) mass is 222 g/mol. The Kier molecular flexibility index (Phi) is 6.22. The second kappa shape index (κ2) is 7.84. The summed E-state index contributed by atoms with van der Waals surface area (Å²) in [5, 5.41) is 2.78. The number of hydrogen-bond donors (Lipinski definition) is 2. The Morgan fingerprint density at radius 1 is 1.31 bits per heavy atom. The first-order valence-corrected chi connectivity index (χ1v) is 5.41. The van der Waals surface area contributed by atoms with Crippen molar-refractivity contribution in [2.24, 2.45) is 5.73 Å². The summed E-state index contributed by atoms with van der Waals surface area (Å²) >= 11 is 0. The third-order valence-electron chi connectivity index (χ3n) is 2.06. The number of nitrogens with one attached hydrogen (secondary N) is 1. The molecule has 0 saturated carbocycles. The smallest absolute Gasteiger partial charge is 0.246 e. The molecule has 0 atom stereocenters. The van der Waals surface area contributed by atoms with Crippen LogP contribution in [0, 0.1) is 0 Å². The van der Waals surface area contributed by atoms with Crippen LogP contribution in [0.15, 0.2) is 30.3 Å². The molecule has 4 heteroatoms. The maximum atomic E-state index is 11.3. The largest absolute Gasteiger partial charge is 0.372 e. The van der Waals surface area contributed by atoms with Gasteiger partial charge in [0.2, 0.25) is 5.91 Å². The predicted octanol–water partition coefficient (Wildman–Crippen LogP) is 0.668. The van der Waals surface area contributed by atoms with Gasteiger partial charge in [-0.3, -0.25) is 4.79 Å². The highest BCUT2D eigenvalue weighted by atomic mass is 16.5. The molecule has 0 aliphatic carbocycles. The van der Waals surface area contributed by atoms with Crippen molar-refractivity contribution in [3.8, 4) is 0 Å². The van der Waals surface area contributed by atoms with Crippen molar-refractivity contribution in [2.45, 2.75) is 13.0 Å². The van der Waals surface area contributed by atoms with Crippen LogP contribution in [-0.4, -0.2) is 25.7 Å². The molecule has 0 spiro atoms. The fourth-order valence-corrected chi connectivity index (χ4v) is 1.20. The van der Waals surface area contributed by atoms with Gasteiger partial charge in [0.1, 0.15) is 6.61 Å². The molecule has 0 unspecified atom stereocenters. The number of nitrogens with two attached hydrogens (primary N) is 1. The van der Waals surface area contributed by atoms with Crippen LogP contribution in [0.4, 0.5) is 0 Å². The lowest BCUT2D eigenvalue weighted by molar-refractivity contribution is -0.125. The third kappa shape index (κ3) is 5.48. The second-order valence-corrected chi connectivity index (χ2v) is 3.46. The summed E-state index contributed by atoms with van der Waals surface area (Å²) in [5.41, 5.74) is 6.38. The van der Waals surface area contributed by atoms with Crippen LogP contribution in [0.2, 0.25) is 0 Å². The highest BCUT2D eigenvalue weighted by Crippen LogP contribution is 1.96. The van der Waals surface area contributed by atoms with E-state index in [2.05, 4.69) is 5.32 Å². The first kappa shape index (κ1) is 12.7. The average Bonchev–Trinajstić information content (AvgIpc) is 2.33. The molecule has 88 valence electrons. The molecule has 0 bridgehead atoms. The quantitative estimate of drug-likeness (QED) is 0.666. The van der Waals surface area contributed by atoms with Gasteiger partial charge in [-0.15, -0.1) is 0 Å². The molecule has 0 aliphatic rings. The van der Waals surface area contributed by atoms with Crippen LogP contribution in [0.5, 0.6) is 0 Å². The van der Waals surface area contributed by atoms with Gasteiger partial charge in [0.25, 0.3) is 0 Å². The molecule has 1 aromatic rings. The number of rotatable bonds is 7. The lowest BCUT2D eigenvalue weighted by Gasteiger charge is -2.05. The summed E-state index contributed by atoms with van der Waals surface area (Å²) in [6.07, 6.45) is 0.784. The highest BCUT2D eigenvalue weighted by Gasteiger charge is 2.00. The van der Waals surface area contributed by atoms with Crippen molar-refractivity contribution in [1.29, 1.82) is 0 Å². The molecule has 1 rings (SSSR count). The van der Waals surface area contributed by atoms with Crippen molar-refractivity contribution in [3.05, 3.63) is 35.9 Å². The Hall–Kier alpha value is -1.39. The highest BCUT2D eigenvalue weighted by molar-refractivity contribution is 5.77. The Balaban J connectivity index is 2.11. The normalized spacial score (nSPS) is 10.1. The van der Waals surface area contributed by atoms with Crippen LogP contribution in [-0.2, 0) is 16.1 Å². The van der Waals surface area contributed by atoms with E-state index in [-0.39, 0.29) is 12.5 Å². The van der Waals surface area contributed by atoms with Gasteiger partial charge in [0.15, 0.2) is 0 Å². The van der Waals surface area contributed by atoms with E-state index < -0.39 is 0 Å². The Morgan fingerprint density at radius 3 is 2.75 bits per heavy atom. The fraction of sp³-hybridized carbons (Fsp3) is 0.417. The molecule has 3 N–H and O–H groups in total. The van der Waals surface area contributed by atoms with Gasteiger partial charge in [-0.2, -0.15) is 0 Å². The van der Waals surface area contributed by atoms with E-state index in [9.17, 15) is 4.79 Å². The van der Waals surface area contributed by atoms with Crippen molar-refractivity contribution in [3.63, 3.8) is 0 Å². The van der Waals surface area contributed by atoms with Gasteiger partial charge in [-0.05, 0) is 18.5 Å². The zero-order valence-corrected chi connectivity index (χ0v) is 9.32. The van der Waals surface area contributed by atoms with E-state index >= 15 is 0 Å². The van der Waals surface area contributed by atoms with Crippen molar-refractivity contribution >= 4 is 5.91 Å².